The fraction of sp³-hybridized carbons (Fsp3) is 0.350. The van der Waals surface area contributed by atoms with E-state index in [0.717, 1.165) is 16.7 Å². The number of ether oxygens (including phenoxy) is 1. The fourth-order valence-electron chi connectivity index (χ4n) is 3.20. The smallest absolute Gasteiger partial charge is 0.343 e. The Labute approximate surface area is 171 Å². The first-order valence-corrected chi connectivity index (χ1v) is 12.4. The third-order valence-electron chi connectivity index (χ3n) is 5.00. The van der Waals surface area contributed by atoms with Gasteiger partial charge in [-0.2, -0.15) is 0 Å². The number of benzene rings is 2. The number of carbonyl (C=O) groups excluding carboxylic acids is 1. The minimum atomic E-state index is -3.97. The van der Waals surface area contributed by atoms with Crippen LogP contribution in [0.4, 0.5) is 0 Å². The molecule has 0 radical (unpaired) electrons. The van der Waals surface area contributed by atoms with Crippen LogP contribution in [-0.4, -0.2) is 40.4 Å². The minimum Gasteiger partial charge on any atom is -0.422 e. The van der Waals surface area contributed by atoms with Crippen molar-refractivity contribution in [2.45, 2.75) is 38.1 Å². The summed E-state index contributed by atoms with van der Waals surface area (Å²) >= 11 is 0. The summed E-state index contributed by atoms with van der Waals surface area (Å²) in [6.07, 6.45) is 0.231. The van der Waals surface area contributed by atoms with Gasteiger partial charge in [-0.25, -0.2) is 26.4 Å². The van der Waals surface area contributed by atoms with Crippen molar-refractivity contribution in [3.63, 3.8) is 0 Å². The van der Waals surface area contributed by atoms with E-state index in [0.29, 0.717) is 5.75 Å². The third kappa shape index (κ3) is 4.85. The first-order chi connectivity index (χ1) is 13.5. The normalized spacial score (nSPS) is 18.5. The molecule has 1 N–H and O–H groups in total. The zero-order valence-corrected chi connectivity index (χ0v) is 18.1. The minimum absolute atomic E-state index is 0.0399. The number of carbonyl (C=O) groups is 1. The summed E-state index contributed by atoms with van der Waals surface area (Å²) in [4.78, 5) is 12.5. The Kier molecular flexibility index (Phi) is 5.84. The van der Waals surface area contributed by atoms with Crippen molar-refractivity contribution in [2.24, 2.45) is 0 Å². The number of hydrogen-bond donors (Lipinski definition) is 1. The summed E-state index contributed by atoms with van der Waals surface area (Å²) < 4.78 is 56.3. The van der Waals surface area contributed by atoms with Crippen LogP contribution in [0.5, 0.6) is 5.75 Å². The van der Waals surface area contributed by atoms with Gasteiger partial charge in [0.05, 0.1) is 22.0 Å². The van der Waals surface area contributed by atoms with Crippen molar-refractivity contribution in [1.82, 2.24) is 4.72 Å². The van der Waals surface area contributed by atoms with Gasteiger partial charge in [-0.05, 0) is 62.1 Å². The molecule has 1 unspecified atom stereocenters. The highest BCUT2D eigenvalue weighted by Crippen LogP contribution is 2.27. The molecule has 2 aromatic rings. The van der Waals surface area contributed by atoms with Crippen molar-refractivity contribution in [2.75, 3.05) is 11.5 Å². The largest absolute Gasteiger partial charge is 0.422 e. The van der Waals surface area contributed by atoms with Crippen LogP contribution in [-0.2, 0) is 19.9 Å². The SMILES string of the molecule is Cc1ccc(C)c(OC(=O)c2cccc(S(=O)(=O)NC3CCS(=O)(=O)C3)c2)c1C. The third-order valence-corrected chi connectivity index (χ3v) is 8.29. The molecule has 156 valence electrons. The molecule has 0 amide bonds. The molecule has 1 aliphatic rings. The highest BCUT2D eigenvalue weighted by molar-refractivity contribution is 7.92. The van der Waals surface area contributed by atoms with Crippen LogP contribution in [0.25, 0.3) is 0 Å². The van der Waals surface area contributed by atoms with Crippen molar-refractivity contribution in [1.29, 1.82) is 0 Å². The van der Waals surface area contributed by atoms with E-state index in [4.69, 9.17) is 4.74 Å². The Bertz CT molecular complexity index is 1170. The van der Waals surface area contributed by atoms with Gasteiger partial charge in [0.1, 0.15) is 5.75 Å². The summed E-state index contributed by atoms with van der Waals surface area (Å²) in [5.41, 5.74) is 2.71. The number of hydrogen-bond acceptors (Lipinski definition) is 6. The van der Waals surface area contributed by atoms with Gasteiger partial charge in [0.15, 0.2) is 9.84 Å². The van der Waals surface area contributed by atoms with Gasteiger partial charge in [0.2, 0.25) is 10.0 Å². The van der Waals surface area contributed by atoms with Gasteiger partial charge >= 0.3 is 5.97 Å². The van der Waals surface area contributed by atoms with Gasteiger partial charge in [0, 0.05) is 6.04 Å². The molecule has 9 heteroatoms. The molecule has 3 rings (SSSR count). The molecule has 0 aliphatic carbocycles. The maximum Gasteiger partial charge on any atom is 0.343 e. The first-order valence-electron chi connectivity index (χ1n) is 9.10. The Balaban J connectivity index is 1.82. The van der Waals surface area contributed by atoms with E-state index in [2.05, 4.69) is 4.72 Å². The number of sulfone groups is 1. The second-order valence-corrected chi connectivity index (χ2v) is 11.2. The van der Waals surface area contributed by atoms with Crippen LogP contribution in [0, 0.1) is 20.8 Å². The summed E-state index contributed by atoms with van der Waals surface area (Å²) in [6, 6.07) is 8.63. The standard InChI is InChI=1S/C20H23NO6S2/c1-13-7-8-14(2)19(15(13)3)27-20(22)16-5-4-6-18(11-16)29(25,26)21-17-9-10-28(23,24)12-17/h4-8,11,17,21H,9-10,12H2,1-3H3. The van der Waals surface area contributed by atoms with E-state index in [-0.39, 0.29) is 28.4 Å². The average molecular weight is 438 g/mol. The molecular weight excluding hydrogens is 414 g/mol. The second-order valence-electron chi connectivity index (χ2n) is 7.29. The molecule has 29 heavy (non-hydrogen) atoms. The first kappa shape index (κ1) is 21.5. The van der Waals surface area contributed by atoms with Crippen LogP contribution in [0.3, 0.4) is 0 Å². The zero-order valence-electron chi connectivity index (χ0n) is 16.4. The van der Waals surface area contributed by atoms with Gasteiger partial charge < -0.3 is 4.74 Å². The van der Waals surface area contributed by atoms with E-state index in [1.807, 2.05) is 32.9 Å². The molecule has 1 atom stereocenters. The summed E-state index contributed by atoms with van der Waals surface area (Å²) in [6.45, 7) is 5.59. The maximum atomic E-state index is 12.6. The van der Waals surface area contributed by atoms with Crippen molar-refractivity contribution in [3.8, 4) is 5.75 Å². The van der Waals surface area contributed by atoms with Crippen molar-refractivity contribution in [3.05, 3.63) is 58.7 Å². The monoisotopic (exact) mass is 437 g/mol. The number of sulfonamides is 1. The molecule has 1 aliphatic heterocycles. The Morgan fingerprint density at radius 2 is 1.79 bits per heavy atom. The number of esters is 1. The molecule has 0 spiro atoms. The topological polar surface area (TPSA) is 107 Å². The molecule has 2 aromatic carbocycles. The highest BCUT2D eigenvalue weighted by Gasteiger charge is 2.31. The van der Waals surface area contributed by atoms with Gasteiger partial charge in [0.25, 0.3) is 0 Å². The lowest BCUT2D eigenvalue weighted by atomic mass is 10.1. The van der Waals surface area contributed by atoms with Crippen LogP contribution >= 0.6 is 0 Å². The van der Waals surface area contributed by atoms with Gasteiger partial charge in [-0.15, -0.1) is 0 Å². The number of rotatable bonds is 5. The van der Waals surface area contributed by atoms with Gasteiger partial charge in [-0.3, -0.25) is 0 Å². The number of nitrogens with one attached hydrogen (secondary N) is 1. The van der Waals surface area contributed by atoms with E-state index in [1.54, 1.807) is 0 Å². The predicted octanol–water partition coefficient (Wildman–Crippen LogP) is 2.30. The molecule has 0 bridgehead atoms. The highest BCUT2D eigenvalue weighted by atomic mass is 32.2. The lowest BCUT2D eigenvalue weighted by Crippen LogP contribution is -2.35. The van der Waals surface area contributed by atoms with Crippen molar-refractivity contribution >= 4 is 25.8 Å². The molecule has 7 nitrogen and oxygen atoms in total. The molecule has 1 saturated heterocycles. The van der Waals surface area contributed by atoms with Crippen LogP contribution in [0.1, 0.15) is 33.5 Å². The van der Waals surface area contributed by atoms with Crippen LogP contribution in [0.2, 0.25) is 0 Å². The van der Waals surface area contributed by atoms with E-state index < -0.39 is 31.9 Å². The summed E-state index contributed by atoms with van der Waals surface area (Å²) in [5, 5.41) is 0. The molecule has 0 aromatic heterocycles. The maximum absolute atomic E-state index is 12.6. The molecular formula is C20H23NO6S2. The lowest BCUT2D eigenvalue weighted by molar-refractivity contribution is 0.0732. The van der Waals surface area contributed by atoms with Crippen LogP contribution in [0.15, 0.2) is 41.3 Å². The van der Waals surface area contributed by atoms with E-state index in [1.165, 1.54) is 24.3 Å². The van der Waals surface area contributed by atoms with E-state index in [9.17, 15) is 21.6 Å². The van der Waals surface area contributed by atoms with Crippen molar-refractivity contribution < 1.29 is 26.4 Å². The zero-order chi connectivity index (χ0) is 21.4. The fourth-order valence-corrected chi connectivity index (χ4v) is 6.29. The molecule has 0 saturated carbocycles. The summed E-state index contributed by atoms with van der Waals surface area (Å²) in [7, 11) is -7.19. The molecule has 1 heterocycles. The predicted molar refractivity (Wildman–Crippen MR) is 109 cm³/mol. The summed E-state index contributed by atoms with van der Waals surface area (Å²) in [5.74, 6) is -0.471. The van der Waals surface area contributed by atoms with Crippen LogP contribution < -0.4 is 9.46 Å². The Morgan fingerprint density at radius 1 is 1.10 bits per heavy atom. The Morgan fingerprint density at radius 3 is 2.45 bits per heavy atom. The van der Waals surface area contributed by atoms with E-state index >= 15 is 0 Å². The average Bonchev–Trinajstić information content (AvgIpc) is 2.99. The Hall–Kier alpha value is -2.23. The lowest BCUT2D eigenvalue weighted by Gasteiger charge is -2.14. The number of aryl methyl sites for hydroxylation is 2. The quantitative estimate of drug-likeness (QED) is 0.568. The van der Waals surface area contributed by atoms with Gasteiger partial charge in [-0.1, -0.05) is 18.2 Å². The second kappa shape index (κ2) is 7.89. The molecule has 1 fully saturated rings.